The Morgan fingerprint density at radius 3 is 1.00 bits per heavy atom. The van der Waals surface area contributed by atoms with E-state index in [2.05, 4.69) is 0 Å². The van der Waals surface area contributed by atoms with Gasteiger partial charge in [-0.2, -0.15) is 10.5 Å². The van der Waals surface area contributed by atoms with E-state index in [1.54, 1.807) is 13.8 Å². The molecule has 0 N–H and O–H groups in total. The van der Waals surface area contributed by atoms with Gasteiger partial charge in [0.25, 0.3) is 0 Å². The van der Waals surface area contributed by atoms with E-state index in [1.807, 2.05) is 53.7 Å². The molecule has 0 rings (SSSR count). The molecule has 0 amide bonds. The Hall–Kier alpha value is -1.68. The van der Waals surface area contributed by atoms with Crippen LogP contribution in [-0.2, 0) is 9.59 Å². The topological polar surface area (TPSA) is 81.7 Å². The highest BCUT2D eigenvalue weighted by atomic mass is 16.1. The van der Waals surface area contributed by atoms with Crippen molar-refractivity contribution in [3.8, 4) is 12.1 Å². The van der Waals surface area contributed by atoms with Gasteiger partial charge in [-0.05, 0) is 13.8 Å². The van der Waals surface area contributed by atoms with Crippen molar-refractivity contribution < 1.29 is 9.59 Å². The van der Waals surface area contributed by atoms with Crippen LogP contribution in [0.15, 0.2) is 0 Å². The Morgan fingerprint density at radius 1 is 0.750 bits per heavy atom. The van der Waals surface area contributed by atoms with E-state index in [4.69, 9.17) is 10.5 Å². The second-order valence-electron chi connectivity index (χ2n) is 6.93. The highest BCUT2D eigenvalue weighted by Crippen LogP contribution is 2.19. The highest BCUT2D eigenvalue weighted by molar-refractivity contribution is 5.88. The van der Waals surface area contributed by atoms with E-state index in [0.29, 0.717) is 0 Å². The number of hydrogen-bond donors (Lipinski definition) is 0. The molecule has 0 saturated carbocycles. The molecule has 0 spiro atoms. The van der Waals surface area contributed by atoms with Crippen molar-refractivity contribution >= 4 is 11.6 Å². The van der Waals surface area contributed by atoms with Crippen molar-refractivity contribution in [2.45, 2.75) is 55.4 Å². The van der Waals surface area contributed by atoms with Gasteiger partial charge in [0.15, 0.2) is 11.6 Å². The Balaban J connectivity index is 0. The molecule has 0 aliphatic rings. The van der Waals surface area contributed by atoms with Crippen LogP contribution in [0.5, 0.6) is 0 Å². The first-order chi connectivity index (χ1) is 8.78. The Kier molecular flexibility index (Phi) is 8.05. The van der Waals surface area contributed by atoms with Crippen molar-refractivity contribution in [2.24, 2.45) is 22.7 Å². The molecule has 0 heterocycles. The number of Topliss-reactive ketones (excluding diaryl/α,β-unsaturated/α-hetero) is 2. The maximum Gasteiger partial charge on any atom is 0.154 e. The average molecular weight is 278 g/mol. The van der Waals surface area contributed by atoms with Crippen molar-refractivity contribution in [1.29, 1.82) is 10.5 Å². The fraction of sp³-hybridized carbons (Fsp3) is 0.750. The number of nitriles is 2. The van der Waals surface area contributed by atoms with E-state index in [0.717, 1.165) is 0 Å². The molecule has 20 heavy (non-hydrogen) atoms. The Bertz CT molecular complexity index is 383. The first kappa shape index (κ1) is 20.6. The summed E-state index contributed by atoms with van der Waals surface area (Å²) in [5.74, 6) is -0.926. The van der Waals surface area contributed by atoms with E-state index in [9.17, 15) is 9.59 Å². The molecular formula is C16H26N2O2. The minimum Gasteiger partial charge on any atom is -0.298 e. The minimum absolute atomic E-state index is 0.00926. The summed E-state index contributed by atoms with van der Waals surface area (Å²) >= 11 is 0. The zero-order valence-corrected chi connectivity index (χ0v) is 13.9. The van der Waals surface area contributed by atoms with Gasteiger partial charge >= 0.3 is 0 Å². The van der Waals surface area contributed by atoms with Gasteiger partial charge in [0.05, 0.1) is 12.1 Å². The van der Waals surface area contributed by atoms with Crippen LogP contribution in [0.25, 0.3) is 0 Å². The number of carbonyl (C=O) groups is 2. The molecule has 0 aliphatic heterocycles. The van der Waals surface area contributed by atoms with E-state index < -0.39 is 11.8 Å². The molecule has 0 aromatic heterocycles. The maximum absolute atomic E-state index is 11.2. The summed E-state index contributed by atoms with van der Waals surface area (Å²) in [6, 6.07) is 3.84. The van der Waals surface area contributed by atoms with Gasteiger partial charge in [-0.3, -0.25) is 9.59 Å². The van der Waals surface area contributed by atoms with Crippen LogP contribution in [0.1, 0.15) is 55.4 Å². The largest absolute Gasteiger partial charge is 0.298 e. The second kappa shape index (κ2) is 7.80. The van der Waals surface area contributed by atoms with E-state index >= 15 is 0 Å². The zero-order chi connectivity index (χ0) is 16.7. The lowest BCUT2D eigenvalue weighted by Gasteiger charge is -2.17. The molecule has 4 heteroatoms. The van der Waals surface area contributed by atoms with Gasteiger partial charge in [0.1, 0.15) is 11.8 Å². The van der Waals surface area contributed by atoms with Crippen LogP contribution in [0, 0.1) is 45.3 Å². The molecule has 0 bridgehead atoms. The molecule has 0 aromatic rings. The van der Waals surface area contributed by atoms with Gasteiger partial charge in [-0.1, -0.05) is 41.5 Å². The first-order valence-electron chi connectivity index (χ1n) is 6.66. The third-order valence-electron chi connectivity index (χ3n) is 2.65. The molecule has 0 aliphatic carbocycles. The minimum atomic E-state index is -0.472. The Labute approximate surface area is 122 Å². The lowest BCUT2D eigenvalue weighted by Crippen LogP contribution is -2.25. The standard InChI is InChI=1S/2C8H13NO/c2*1-6(5-9)7(10)8(2,3)4/h2*6H,1-4H3. The van der Waals surface area contributed by atoms with Crippen molar-refractivity contribution in [2.75, 3.05) is 0 Å². The summed E-state index contributed by atoms with van der Waals surface area (Å²) in [5, 5.41) is 16.8. The number of rotatable bonds is 2. The van der Waals surface area contributed by atoms with E-state index in [-0.39, 0.29) is 22.4 Å². The fourth-order valence-corrected chi connectivity index (χ4v) is 1.42. The second-order valence-corrected chi connectivity index (χ2v) is 6.93. The number of nitrogens with zero attached hydrogens (tertiary/aromatic N) is 2. The maximum atomic E-state index is 11.2. The van der Waals surface area contributed by atoms with Crippen LogP contribution < -0.4 is 0 Å². The van der Waals surface area contributed by atoms with Crippen LogP contribution >= 0.6 is 0 Å². The molecule has 2 atom stereocenters. The lowest BCUT2D eigenvalue weighted by atomic mass is 9.84. The van der Waals surface area contributed by atoms with Gasteiger partial charge in [0, 0.05) is 10.8 Å². The fourth-order valence-electron chi connectivity index (χ4n) is 1.42. The summed E-state index contributed by atoms with van der Waals surface area (Å²) in [7, 11) is 0. The zero-order valence-electron chi connectivity index (χ0n) is 13.9. The number of hydrogen-bond acceptors (Lipinski definition) is 4. The number of carbonyl (C=O) groups excluding carboxylic acids is 2. The molecular weight excluding hydrogens is 252 g/mol. The average Bonchev–Trinajstić information content (AvgIpc) is 2.33. The summed E-state index contributed by atoms with van der Waals surface area (Å²) in [6.45, 7) is 14.2. The van der Waals surface area contributed by atoms with E-state index in [1.165, 1.54) is 0 Å². The third kappa shape index (κ3) is 7.69. The summed E-state index contributed by atoms with van der Waals surface area (Å²) in [5.41, 5.74) is -0.760. The highest BCUT2D eigenvalue weighted by Gasteiger charge is 2.26. The van der Waals surface area contributed by atoms with Gasteiger partial charge in [0.2, 0.25) is 0 Å². The number of ketones is 2. The van der Waals surface area contributed by atoms with Gasteiger partial charge in [-0.25, -0.2) is 0 Å². The Morgan fingerprint density at radius 2 is 0.950 bits per heavy atom. The lowest BCUT2D eigenvalue weighted by molar-refractivity contribution is -0.128. The van der Waals surface area contributed by atoms with Crippen molar-refractivity contribution in [1.82, 2.24) is 0 Å². The summed E-state index contributed by atoms with van der Waals surface area (Å²) in [4.78, 5) is 22.3. The molecule has 0 radical (unpaired) electrons. The van der Waals surface area contributed by atoms with Crippen LogP contribution in [0.3, 0.4) is 0 Å². The third-order valence-corrected chi connectivity index (χ3v) is 2.65. The van der Waals surface area contributed by atoms with Crippen LogP contribution in [0.4, 0.5) is 0 Å². The van der Waals surface area contributed by atoms with Gasteiger partial charge < -0.3 is 0 Å². The molecule has 0 fully saturated rings. The van der Waals surface area contributed by atoms with Gasteiger partial charge in [-0.15, -0.1) is 0 Å². The SMILES string of the molecule is CC(C#N)C(=O)C(C)(C)C.CC(C#N)C(=O)C(C)(C)C. The molecule has 112 valence electrons. The smallest absolute Gasteiger partial charge is 0.154 e. The molecule has 2 unspecified atom stereocenters. The van der Waals surface area contributed by atoms with Crippen LogP contribution in [-0.4, -0.2) is 11.6 Å². The predicted molar refractivity (Wildman–Crippen MR) is 78.5 cm³/mol. The first-order valence-corrected chi connectivity index (χ1v) is 6.66. The normalized spacial score (nSPS) is 13.9. The molecule has 0 aromatic carbocycles. The molecule has 0 saturated heterocycles. The molecule has 4 nitrogen and oxygen atoms in total. The van der Waals surface area contributed by atoms with Crippen molar-refractivity contribution in [3.63, 3.8) is 0 Å². The monoisotopic (exact) mass is 278 g/mol. The predicted octanol–water partition coefficient (Wildman–Crippen LogP) is 3.52. The summed E-state index contributed by atoms with van der Waals surface area (Å²) < 4.78 is 0. The summed E-state index contributed by atoms with van der Waals surface area (Å²) in [6.07, 6.45) is 0. The quantitative estimate of drug-likeness (QED) is 0.773. The van der Waals surface area contributed by atoms with Crippen LogP contribution in [0.2, 0.25) is 0 Å². The van der Waals surface area contributed by atoms with Crippen molar-refractivity contribution in [3.05, 3.63) is 0 Å².